The van der Waals surface area contributed by atoms with E-state index < -0.39 is 30.2 Å². The Morgan fingerprint density at radius 2 is 1.61 bits per heavy atom. The molecule has 33 heavy (non-hydrogen) atoms. The molecule has 3 aromatic carbocycles. The molecule has 0 aliphatic carbocycles. The maximum atomic E-state index is 12.9. The summed E-state index contributed by atoms with van der Waals surface area (Å²) in [6.45, 7) is 1.87. The molecule has 0 radical (unpaired) electrons. The minimum Gasteiger partial charge on any atom is -0.494 e. The van der Waals surface area contributed by atoms with E-state index >= 15 is 0 Å². The fourth-order valence-electron chi connectivity index (χ4n) is 3.47. The monoisotopic (exact) mass is 444 g/mol. The molecule has 0 bridgehead atoms. The van der Waals surface area contributed by atoms with E-state index in [0.717, 1.165) is 4.90 Å². The fraction of sp³-hybridized carbons (Fsp3) is 0.120. The zero-order valence-corrected chi connectivity index (χ0v) is 17.7. The number of hydrogen-bond donors (Lipinski definition) is 1. The number of nitrogens with zero attached hydrogens (tertiary/aromatic N) is 1. The van der Waals surface area contributed by atoms with Gasteiger partial charge in [0.2, 0.25) is 0 Å². The number of nitrogen functional groups attached to an aromatic ring is 1. The van der Waals surface area contributed by atoms with E-state index in [1.165, 1.54) is 24.3 Å². The summed E-state index contributed by atoms with van der Waals surface area (Å²) in [6, 6.07) is 17.0. The Labute approximate surface area is 189 Å². The largest absolute Gasteiger partial charge is 0.494 e. The summed E-state index contributed by atoms with van der Waals surface area (Å²) in [5.74, 6) is -1.62. The van der Waals surface area contributed by atoms with Crippen LogP contribution in [0.5, 0.6) is 5.75 Å². The van der Waals surface area contributed by atoms with Crippen LogP contribution in [0.4, 0.5) is 11.4 Å². The van der Waals surface area contributed by atoms with Crippen molar-refractivity contribution in [3.05, 3.63) is 89.0 Å². The molecule has 0 unspecified atom stereocenters. The Kier molecular flexibility index (Phi) is 5.91. The van der Waals surface area contributed by atoms with Gasteiger partial charge in [-0.25, -0.2) is 9.69 Å². The summed E-state index contributed by atoms with van der Waals surface area (Å²) in [7, 11) is 0. The maximum absolute atomic E-state index is 12.9. The molecule has 0 fully saturated rings. The molecule has 0 atom stereocenters. The van der Waals surface area contributed by atoms with Gasteiger partial charge < -0.3 is 15.2 Å². The highest BCUT2D eigenvalue weighted by Crippen LogP contribution is 2.30. The number of imide groups is 1. The number of Topliss-reactive ketones (excluding diaryl/α,β-unsaturated/α-hetero) is 1. The van der Waals surface area contributed by atoms with Gasteiger partial charge in [0.15, 0.2) is 12.4 Å². The second-order valence-corrected chi connectivity index (χ2v) is 7.26. The lowest BCUT2D eigenvalue weighted by Gasteiger charge is -2.14. The first-order valence-electron chi connectivity index (χ1n) is 10.2. The third-order valence-electron chi connectivity index (χ3n) is 5.07. The number of rotatable bonds is 7. The molecule has 3 aromatic rings. The fourth-order valence-corrected chi connectivity index (χ4v) is 3.47. The summed E-state index contributed by atoms with van der Waals surface area (Å²) in [4.78, 5) is 51.5. The summed E-state index contributed by atoms with van der Waals surface area (Å²) in [5, 5.41) is 0. The van der Waals surface area contributed by atoms with Crippen molar-refractivity contribution in [1.29, 1.82) is 0 Å². The van der Waals surface area contributed by atoms with E-state index in [4.69, 9.17) is 15.2 Å². The Balaban J connectivity index is 1.49. The topological polar surface area (TPSA) is 116 Å². The van der Waals surface area contributed by atoms with Crippen LogP contribution >= 0.6 is 0 Å². The third kappa shape index (κ3) is 4.31. The van der Waals surface area contributed by atoms with Crippen LogP contribution in [0.2, 0.25) is 0 Å². The van der Waals surface area contributed by atoms with Gasteiger partial charge in [0, 0.05) is 11.3 Å². The van der Waals surface area contributed by atoms with Gasteiger partial charge in [0.25, 0.3) is 11.8 Å². The first-order chi connectivity index (χ1) is 15.9. The van der Waals surface area contributed by atoms with Crippen molar-refractivity contribution in [3.8, 4) is 5.75 Å². The van der Waals surface area contributed by atoms with Crippen LogP contribution in [0.1, 0.15) is 48.4 Å². The van der Waals surface area contributed by atoms with Gasteiger partial charge in [-0.15, -0.1) is 0 Å². The number of fused-ring (bicyclic) bond motifs is 1. The summed E-state index contributed by atoms with van der Waals surface area (Å²) < 4.78 is 10.5. The van der Waals surface area contributed by atoms with Crippen molar-refractivity contribution in [2.75, 3.05) is 23.8 Å². The van der Waals surface area contributed by atoms with Gasteiger partial charge in [-0.2, -0.15) is 0 Å². The first kappa shape index (κ1) is 21.8. The Bertz CT molecular complexity index is 1270. The van der Waals surface area contributed by atoms with Crippen LogP contribution in [0.25, 0.3) is 0 Å². The van der Waals surface area contributed by atoms with Gasteiger partial charge in [0.1, 0.15) is 5.75 Å². The van der Waals surface area contributed by atoms with Crippen molar-refractivity contribution >= 4 is 34.9 Å². The van der Waals surface area contributed by atoms with Gasteiger partial charge in [-0.3, -0.25) is 14.4 Å². The maximum Gasteiger partial charge on any atom is 0.338 e. The lowest BCUT2D eigenvalue weighted by atomic mass is 10.1. The Morgan fingerprint density at radius 3 is 2.30 bits per heavy atom. The summed E-state index contributed by atoms with van der Waals surface area (Å²) >= 11 is 0. The van der Waals surface area contributed by atoms with Crippen molar-refractivity contribution in [2.24, 2.45) is 0 Å². The molecule has 0 saturated heterocycles. The zero-order valence-electron chi connectivity index (χ0n) is 17.7. The van der Waals surface area contributed by atoms with Gasteiger partial charge in [0.05, 0.1) is 29.0 Å². The standard InChI is InChI=1S/C25H20N2O6/c1-2-32-19-9-7-18(8-10-19)27-23(29)20-11-6-16(13-21(20)24(27)30)25(31)33-14-22(28)15-4-3-5-17(26)12-15/h3-13H,2,14,26H2,1H3. The van der Waals surface area contributed by atoms with Crippen LogP contribution in [0, 0.1) is 0 Å². The Hall–Kier alpha value is -4.46. The van der Waals surface area contributed by atoms with E-state index in [1.807, 2.05) is 6.92 Å². The van der Waals surface area contributed by atoms with Crippen LogP contribution in [0.3, 0.4) is 0 Å². The van der Waals surface area contributed by atoms with Crippen LogP contribution < -0.4 is 15.4 Å². The predicted octanol–water partition coefficient (Wildman–Crippen LogP) is 3.51. The normalized spacial score (nSPS) is 12.5. The minimum atomic E-state index is -0.783. The van der Waals surface area contributed by atoms with E-state index in [1.54, 1.807) is 42.5 Å². The highest BCUT2D eigenvalue weighted by atomic mass is 16.5. The summed E-state index contributed by atoms with van der Waals surface area (Å²) in [5.41, 5.74) is 7.13. The molecule has 2 N–H and O–H groups in total. The van der Waals surface area contributed by atoms with Crippen molar-refractivity contribution in [3.63, 3.8) is 0 Å². The van der Waals surface area contributed by atoms with Gasteiger partial charge in [-0.05, 0) is 61.5 Å². The molecule has 4 rings (SSSR count). The van der Waals surface area contributed by atoms with Gasteiger partial charge in [-0.1, -0.05) is 12.1 Å². The SMILES string of the molecule is CCOc1ccc(N2C(=O)c3ccc(C(=O)OCC(=O)c4cccc(N)c4)cc3C2=O)cc1. The summed E-state index contributed by atoms with van der Waals surface area (Å²) in [6.07, 6.45) is 0. The smallest absolute Gasteiger partial charge is 0.338 e. The number of hydrogen-bond acceptors (Lipinski definition) is 7. The average Bonchev–Trinajstić information content (AvgIpc) is 3.07. The number of ketones is 1. The zero-order chi connectivity index (χ0) is 23.5. The van der Waals surface area contributed by atoms with Crippen LogP contribution in [-0.4, -0.2) is 36.8 Å². The number of amides is 2. The number of anilines is 2. The van der Waals surface area contributed by atoms with Crippen molar-refractivity contribution in [2.45, 2.75) is 6.92 Å². The minimum absolute atomic E-state index is 0.0591. The number of benzene rings is 3. The molecule has 166 valence electrons. The average molecular weight is 444 g/mol. The number of carbonyl (C=O) groups excluding carboxylic acids is 4. The molecule has 1 aliphatic heterocycles. The molecule has 0 spiro atoms. The number of carbonyl (C=O) groups is 4. The lowest BCUT2D eigenvalue weighted by Crippen LogP contribution is -2.29. The van der Waals surface area contributed by atoms with E-state index in [9.17, 15) is 19.2 Å². The molecule has 2 amide bonds. The van der Waals surface area contributed by atoms with E-state index in [2.05, 4.69) is 0 Å². The number of ether oxygens (including phenoxy) is 2. The quantitative estimate of drug-likeness (QED) is 0.257. The molecule has 0 saturated carbocycles. The first-order valence-corrected chi connectivity index (χ1v) is 10.2. The van der Waals surface area contributed by atoms with E-state index in [0.29, 0.717) is 29.3 Å². The molecule has 0 aromatic heterocycles. The van der Waals surface area contributed by atoms with Gasteiger partial charge >= 0.3 is 5.97 Å². The van der Waals surface area contributed by atoms with E-state index in [-0.39, 0.29) is 16.7 Å². The molecule has 1 aliphatic rings. The molecular formula is C25H20N2O6. The van der Waals surface area contributed by atoms with Crippen molar-refractivity contribution < 1.29 is 28.7 Å². The molecule has 8 heteroatoms. The molecule has 8 nitrogen and oxygen atoms in total. The number of esters is 1. The molecular weight excluding hydrogens is 424 g/mol. The highest BCUT2D eigenvalue weighted by molar-refractivity contribution is 6.34. The second kappa shape index (κ2) is 8.96. The number of nitrogens with two attached hydrogens (primary N) is 1. The molecule has 1 heterocycles. The predicted molar refractivity (Wildman–Crippen MR) is 121 cm³/mol. The van der Waals surface area contributed by atoms with Crippen LogP contribution in [0.15, 0.2) is 66.7 Å². The Morgan fingerprint density at radius 1 is 0.879 bits per heavy atom. The second-order valence-electron chi connectivity index (χ2n) is 7.26. The third-order valence-corrected chi connectivity index (χ3v) is 5.07. The van der Waals surface area contributed by atoms with Crippen LogP contribution in [-0.2, 0) is 4.74 Å². The highest BCUT2D eigenvalue weighted by Gasteiger charge is 2.37. The lowest BCUT2D eigenvalue weighted by molar-refractivity contribution is 0.0474. The van der Waals surface area contributed by atoms with Crippen molar-refractivity contribution in [1.82, 2.24) is 0 Å².